The van der Waals surface area contributed by atoms with Gasteiger partial charge < -0.3 is 10.4 Å². The first-order valence-electron chi connectivity index (χ1n) is 5.78. The number of hydrogen-bond acceptors (Lipinski definition) is 2. The first-order chi connectivity index (χ1) is 8.50. The monoisotopic (exact) mass is 311 g/mol. The van der Waals surface area contributed by atoms with Crippen LogP contribution in [-0.4, -0.2) is 17.0 Å². The topological polar surface area (TPSA) is 66.4 Å². The van der Waals surface area contributed by atoms with Crippen molar-refractivity contribution in [2.45, 2.75) is 19.4 Å². The second-order valence-electron chi connectivity index (χ2n) is 4.54. The first kappa shape index (κ1) is 13.1. The van der Waals surface area contributed by atoms with Crippen LogP contribution < -0.4 is 5.32 Å². The van der Waals surface area contributed by atoms with Gasteiger partial charge in [0.25, 0.3) is 0 Å². The number of amides is 1. The summed E-state index contributed by atoms with van der Waals surface area (Å²) in [5, 5.41) is 11.6. The van der Waals surface area contributed by atoms with E-state index in [1.54, 1.807) is 0 Å². The maximum atomic E-state index is 11.8. The van der Waals surface area contributed by atoms with E-state index >= 15 is 0 Å². The lowest BCUT2D eigenvalue weighted by Gasteiger charge is -2.15. The number of halogens is 1. The first-order valence-corrected chi connectivity index (χ1v) is 6.57. The van der Waals surface area contributed by atoms with Crippen molar-refractivity contribution >= 4 is 27.8 Å². The normalized spacial score (nSPS) is 23.2. The minimum Gasteiger partial charge on any atom is -0.481 e. The Hall–Kier alpha value is -1.36. The van der Waals surface area contributed by atoms with E-state index in [1.165, 1.54) is 0 Å². The van der Waals surface area contributed by atoms with Gasteiger partial charge in [-0.1, -0.05) is 34.1 Å². The van der Waals surface area contributed by atoms with Crippen molar-refractivity contribution in [1.82, 2.24) is 5.32 Å². The molecule has 18 heavy (non-hydrogen) atoms. The van der Waals surface area contributed by atoms with Crippen molar-refractivity contribution < 1.29 is 14.7 Å². The van der Waals surface area contributed by atoms with Crippen LogP contribution in [0.25, 0.3) is 0 Å². The predicted molar refractivity (Wildman–Crippen MR) is 69.9 cm³/mol. The van der Waals surface area contributed by atoms with E-state index in [2.05, 4.69) is 21.2 Å². The molecule has 0 radical (unpaired) electrons. The molecule has 2 rings (SSSR count). The summed E-state index contributed by atoms with van der Waals surface area (Å²) >= 11 is 3.43. The second-order valence-corrected chi connectivity index (χ2v) is 5.39. The van der Waals surface area contributed by atoms with Crippen molar-refractivity contribution in [1.29, 1.82) is 0 Å². The summed E-state index contributed by atoms with van der Waals surface area (Å²) in [5.41, 5.74) is 0.985. The van der Waals surface area contributed by atoms with Crippen LogP contribution in [0.1, 0.15) is 24.9 Å². The van der Waals surface area contributed by atoms with Crippen LogP contribution in [0.4, 0.5) is 0 Å². The smallest absolute Gasteiger partial charge is 0.307 e. The maximum absolute atomic E-state index is 11.8. The molecule has 1 fully saturated rings. The van der Waals surface area contributed by atoms with E-state index in [-0.39, 0.29) is 17.9 Å². The Labute approximate surface area is 114 Å². The quantitative estimate of drug-likeness (QED) is 0.897. The molecule has 1 amide bonds. The molecule has 1 aliphatic carbocycles. The van der Waals surface area contributed by atoms with Gasteiger partial charge in [-0.15, -0.1) is 0 Å². The summed E-state index contributed by atoms with van der Waals surface area (Å²) in [6, 6.07) is 7.51. The molecule has 4 nitrogen and oxygen atoms in total. The van der Waals surface area contributed by atoms with Crippen molar-refractivity contribution in [3.63, 3.8) is 0 Å². The Kier molecular flexibility index (Phi) is 3.71. The summed E-state index contributed by atoms with van der Waals surface area (Å²) in [4.78, 5) is 22.5. The molecule has 96 valence electrons. The minimum atomic E-state index is -0.885. The largest absolute Gasteiger partial charge is 0.481 e. The van der Waals surface area contributed by atoms with Gasteiger partial charge in [0.1, 0.15) is 0 Å². The third-order valence-electron chi connectivity index (χ3n) is 3.17. The summed E-state index contributed by atoms with van der Waals surface area (Å²) in [7, 11) is 0. The van der Waals surface area contributed by atoms with E-state index in [1.807, 2.05) is 31.2 Å². The van der Waals surface area contributed by atoms with Crippen molar-refractivity contribution in [2.24, 2.45) is 11.8 Å². The van der Waals surface area contributed by atoms with Crippen LogP contribution in [0.2, 0.25) is 0 Å². The zero-order valence-corrected chi connectivity index (χ0v) is 11.5. The highest BCUT2D eigenvalue weighted by atomic mass is 79.9. The van der Waals surface area contributed by atoms with Gasteiger partial charge in [0.15, 0.2) is 0 Å². The highest BCUT2D eigenvalue weighted by Crippen LogP contribution is 2.39. The van der Waals surface area contributed by atoms with Crippen LogP contribution in [-0.2, 0) is 9.59 Å². The molecule has 0 bridgehead atoms. The van der Waals surface area contributed by atoms with Crippen LogP contribution in [0.3, 0.4) is 0 Å². The number of aliphatic carboxylic acids is 1. The Morgan fingerprint density at radius 2 is 2.06 bits per heavy atom. The van der Waals surface area contributed by atoms with Gasteiger partial charge in [0.2, 0.25) is 5.91 Å². The number of carbonyl (C=O) groups excluding carboxylic acids is 1. The molecule has 0 unspecified atom stereocenters. The average molecular weight is 312 g/mol. The molecule has 0 heterocycles. The van der Waals surface area contributed by atoms with E-state index in [0.717, 1.165) is 10.0 Å². The highest BCUT2D eigenvalue weighted by Gasteiger charge is 2.48. The van der Waals surface area contributed by atoms with Gasteiger partial charge in [0, 0.05) is 4.47 Å². The Balaban J connectivity index is 1.97. The van der Waals surface area contributed by atoms with Crippen LogP contribution in [0.5, 0.6) is 0 Å². The maximum Gasteiger partial charge on any atom is 0.307 e. The molecule has 1 aliphatic rings. The van der Waals surface area contributed by atoms with Gasteiger partial charge in [-0.2, -0.15) is 0 Å². The number of carboxylic acids is 1. The predicted octanol–water partition coefficient (Wildman–Crippen LogP) is 2.35. The molecule has 1 saturated carbocycles. The molecular weight excluding hydrogens is 298 g/mol. The van der Waals surface area contributed by atoms with Gasteiger partial charge in [-0.25, -0.2) is 0 Å². The number of rotatable bonds is 4. The van der Waals surface area contributed by atoms with Crippen molar-refractivity contribution in [3.05, 3.63) is 34.3 Å². The molecule has 1 aromatic carbocycles. The Bertz CT molecular complexity index is 489. The number of hydrogen-bond donors (Lipinski definition) is 2. The average Bonchev–Trinajstić information content (AvgIpc) is 3.09. The van der Waals surface area contributed by atoms with Gasteiger partial charge in [0.05, 0.1) is 17.9 Å². The third-order valence-corrected chi connectivity index (χ3v) is 3.90. The van der Waals surface area contributed by atoms with Crippen LogP contribution in [0, 0.1) is 11.8 Å². The van der Waals surface area contributed by atoms with E-state index in [4.69, 9.17) is 5.11 Å². The Morgan fingerprint density at radius 1 is 1.39 bits per heavy atom. The zero-order chi connectivity index (χ0) is 13.3. The second kappa shape index (κ2) is 5.10. The summed E-state index contributed by atoms with van der Waals surface area (Å²) in [5.74, 6) is -1.93. The number of carboxylic acid groups (broad SMARTS) is 1. The molecule has 0 saturated heterocycles. The SMILES string of the molecule is C[C@H](NC(=O)[C@H]1C[C@H]1C(=O)O)c1ccccc1Br. The fourth-order valence-corrected chi connectivity index (χ4v) is 2.61. The summed E-state index contributed by atoms with van der Waals surface area (Å²) in [6.45, 7) is 1.89. The number of carbonyl (C=O) groups is 2. The molecule has 0 aliphatic heterocycles. The highest BCUT2D eigenvalue weighted by molar-refractivity contribution is 9.10. The van der Waals surface area contributed by atoms with E-state index < -0.39 is 11.9 Å². The lowest BCUT2D eigenvalue weighted by atomic mass is 10.1. The molecule has 1 aromatic rings. The number of nitrogens with one attached hydrogen (secondary N) is 1. The molecule has 0 spiro atoms. The van der Waals surface area contributed by atoms with E-state index in [9.17, 15) is 9.59 Å². The lowest BCUT2D eigenvalue weighted by Crippen LogP contribution is -2.29. The molecule has 5 heteroatoms. The third kappa shape index (κ3) is 2.72. The van der Waals surface area contributed by atoms with Crippen molar-refractivity contribution in [3.8, 4) is 0 Å². The van der Waals surface area contributed by atoms with Crippen LogP contribution >= 0.6 is 15.9 Å². The standard InChI is InChI=1S/C13H14BrNO3/c1-7(8-4-2-3-5-11(8)14)15-12(16)9-6-10(9)13(17)18/h2-5,7,9-10H,6H2,1H3,(H,15,16)(H,17,18)/t7-,9-,10+/m0/s1. The van der Waals surface area contributed by atoms with Crippen LogP contribution in [0.15, 0.2) is 28.7 Å². The molecule has 3 atom stereocenters. The fraction of sp³-hybridized carbons (Fsp3) is 0.385. The minimum absolute atomic E-state index is 0.136. The summed E-state index contributed by atoms with van der Waals surface area (Å²) in [6.07, 6.45) is 0.448. The number of benzene rings is 1. The van der Waals surface area contributed by atoms with Gasteiger partial charge in [-0.3, -0.25) is 9.59 Å². The Morgan fingerprint density at radius 3 is 2.61 bits per heavy atom. The lowest BCUT2D eigenvalue weighted by molar-refractivity contribution is -0.140. The summed E-state index contributed by atoms with van der Waals surface area (Å²) < 4.78 is 0.934. The van der Waals surface area contributed by atoms with Gasteiger partial charge >= 0.3 is 5.97 Å². The molecule has 2 N–H and O–H groups in total. The zero-order valence-electron chi connectivity index (χ0n) is 9.89. The molecule has 0 aromatic heterocycles. The molecular formula is C13H14BrNO3. The van der Waals surface area contributed by atoms with E-state index in [0.29, 0.717) is 6.42 Å². The van der Waals surface area contributed by atoms with Gasteiger partial charge in [-0.05, 0) is 25.0 Å². The van der Waals surface area contributed by atoms with Crippen molar-refractivity contribution in [2.75, 3.05) is 0 Å². The fourth-order valence-electron chi connectivity index (χ4n) is 1.98.